The molecule has 0 radical (unpaired) electrons. The number of halogens is 2. The first-order valence-corrected chi connectivity index (χ1v) is 10.1. The predicted octanol–water partition coefficient (Wildman–Crippen LogP) is 2.40. The SMILES string of the molecule is CN(C(=O)CCn1c(C(F)F)cc2cccnc21)C1(C)CCS(=O)(=O)C1. The fourth-order valence-electron chi connectivity index (χ4n) is 3.46. The summed E-state index contributed by atoms with van der Waals surface area (Å²) < 4.78 is 51.5. The number of nitrogens with zero attached hydrogens (tertiary/aromatic N) is 3. The van der Waals surface area contributed by atoms with Gasteiger partial charge in [-0.25, -0.2) is 22.2 Å². The van der Waals surface area contributed by atoms with Crippen LogP contribution < -0.4 is 0 Å². The van der Waals surface area contributed by atoms with Gasteiger partial charge in [0.2, 0.25) is 5.91 Å². The van der Waals surface area contributed by atoms with E-state index in [4.69, 9.17) is 0 Å². The van der Waals surface area contributed by atoms with Crippen molar-refractivity contribution in [1.82, 2.24) is 14.5 Å². The highest BCUT2D eigenvalue weighted by Crippen LogP contribution is 2.30. The Morgan fingerprint density at radius 3 is 2.81 bits per heavy atom. The van der Waals surface area contributed by atoms with E-state index in [0.29, 0.717) is 17.5 Å². The number of sulfone groups is 1. The molecule has 1 atom stereocenters. The Labute approximate surface area is 150 Å². The largest absolute Gasteiger partial charge is 0.339 e. The monoisotopic (exact) mass is 385 g/mol. The van der Waals surface area contributed by atoms with Crippen LogP contribution in [0.2, 0.25) is 0 Å². The third kappa shape index (κ3) is 3.44. The maximum Gasteiger partial charge on any atom is 0.278 e. The van der Waals surface area contributed by atoms with Crippen LogP contribution in [0, 0.1) is 0 Å². The zero-order valence-corrected chi connectivity index (χ0v) is 15.5. The van der Waals surface area contributed by atoms with E-state index in [0.717, 1.165) is 0 Å². The quantitative estimate of drug-likeness (QED) is 0.792. The number of carbonyl (C=O) groups is 1. The molecule has 0 saturated carbocycles. The average Bonchev–Trinajstić information content (AvgIpc) is 3.09. The predicted molar refractivity (Wildman–Crippen MR) is 93.8 cm³/mol. The molecule has 142 valence electrons. The molecule has 0 spiro atoms. The van der Waals surface area contributed by atoms with E-state index in [1.807, 2.05) is 0 Å². The number of aromatic nitrogens is 2. The lowest BCUT2D eigenvalue weighted by Crippen LogP contribution is -2.48. The molecule has 6 nitrogen and oxygen atoms in total. The Morgan fingerprint density at radius 1 is 1.46 bits per heavy atom. The second-order valence-corrected chi connectivity index (χ2v) is 9.16. The van der Waals surface area contributed by atoms with Gasteiger partial charge < -0.3 is 9.47 Å². The number of pyridine rings is 1. The van der Waals surface area contributed by atoms with Gasteiger partial charge in [0.15, 0.2) is 9.84 Å². The molecule has 1 unspecified atom stereocenters. The van der Waals surface area contributed by atoms with Crippen LogP contribution in [0.5, 0.6) is 0 Å². The van der Waals surface area contributed by atoms with Gasteiger partial charge in [0, 0.05) is 31.6 Å². The maximum atomic E-state index is 13.3. The minimum atomic E-state index is -3.15. The highest BCUT2D eigenvalue weighted by atomic mass is 32.2. The van der Waals surface area contributed by atoms with Gasteiger partial charge in [0.25, 0.3) is 6.43 Å². The standard InChI is InChI=1S/C17H21F2N3O3S/c1-17(6-9-26(24,25)11-17)21(2)14(23)5-8-22-13(15(18)19)10-12-4-3-7-20-16(12)22/h3-4,7,10,15H,5-6,8-9,11H2,1-2H3. The van der Waals surface area contributed by atoms with Crippen molar-refractivity contribution in [2.45, 2.75) is 38.3 Å². The minimum Gasteiger partial charge on any atom is -0.339 e. The van der Waals surface area contributed by atoms with Crippen molar-refractivity contribution >= 4 is 26.8 Å². The van der Waals surface area contributed by atoms with E-state index in [2.05, 4.69) is 4.98 Å². The number of amides is 1. The number of carbonyl (C=O) groups excluding carboxylic acids is 1. The summed E-state index contributed by atoms with van der Waals surface area (Å²) in [5.74, 6) is -0.288. The smallest absolute Gasteiger partial charge is 0.278 e. The van der Waals surface area contributed by atoms with Crippen molar-refractivity contribution in [1.29, 1.82) is 0 Å². The Morgan fingerprint density at radius 2 is 2.19 bits per heavy atom. The van der Waals surface area contributed by atoms with E-state index in [-0.39, 0.29) is 36.1 Å². The Kier molecular flexibility index (Phi) is 4.76. The lowest BCUT2D eigenvalue weighted by atomic mass is 9.99. The van der Waals surface area contributed by atoms with E-state index in [9.17, 15) is 22.0 Å². The number of rotatable bonds is 5. The summed E-state index contributed by atoms with van der Waals surface area (Å²) in [4.78, 5) is 18.2. The molecule has 9 heteroatoms. The molecule has 1 aliphatic rings. The summed E-state index contributed by atoms with van der Waals surface area (Å²) in [5.41, 5.74) is -0.518. The van der Waals surface area contributed by atoms with Crippen molar-refractivity contribution in [2.75, 3.05) is 18.6 Å². The van der Waals surface area contributed by atoms with Gasteiger partial charge in [-0.15, -0.1) is 0 Å². The molecule has 0 N–H and O–H groups in total. The molecule has 26 heavy (non-hydrogen) atoms. The first-order valence-electron chi connectivity index (χ1n) is 8.32. The van der Waals surface area contributed by atoms with Crippen molar-refractivity contribution in [3.8, 4) is 0 Å². The Hall–Kier alpha value is -2.03. The molecule has 0 aliphatic carbocycles. The number of fused-ring (bicyclic) bond motifs is 1. The van der Waals surface area contributed by atoms with Gasteiger partial charge in [-0.2, -0.15) is 0 Å². The highest BCUT2D eigenvalue weighted by Gasteiger charge is 2.43. The van der Waals surface area contributed by atoms with Crippen molar-refractivity contribution < 1.29 is 22.0 Å². The summed E-state index contributed by atoms with van der Waals surface area (Å²) in [5, 5.41) is 0.595. The van der Waals surface area contributed by atoms with E-state index < -0.39 is 21.8 Å². The third-order valence-corrected chi connectivity index (χ3v) is 7.01. The van der Waals surface area contributed by atoms with Crippen LogP contribution >= 0.6 is 0 Å². The number of aryl methyl sites for hydroxylation is 1. The van der Waals surface area contributed by atoms with E-state index in [1.54, 1.807) is 26.1 Å². The first kappa shape index (κ1) is 18.8. The van der Waals surface area contributed by atoms with Crippen LogP contribution in [-0.4, -0.2) is 52.9 Å². The van der Waals surface area contributed by atoms with Gasteiger partial charge in [-0.1, -0.05) is 0 Å². The van der Waals surface area contributed by atoms with Crippen LogP contribution in [0.15, 0.2) is 24.4 Å². The summed E-state index contributed by atoms with van der Waals surface area (Å²) >= 11 is 0. The summed E-state index contributed by atoms with van der Waals surface area (Å²) in [7, 11) is -1.57. The highest BCUT2D eigenvalue weighted by molar-refractivity contribution is 7.91. The van der Waals surface area contributed by atoms with Crippen LogP contribution in [0.4, 0.5) is 8.78 Å². The fraction of sp³-hybridized carbons (Fsp3) is 0.529. The van der Waals surface area contributed by atoms with Crippen LogP contribution in [-0.2, 0) is 21.2 Å². The molecule has 3 heterocycles. The zero-order chi connectivity index (χ0) is 19.1. The molecule has 0 aromatic carbocycles. The molecule has 1 fully saturated rings. The van der Waals surface area contributed by atoms with E-state index in [1.165, 1.54) is 21.7 Å². The summed E-state index contributed by atoms with van der Waals surface area (Å²) in [6.07, 6.45) is -0.776. The molecule has 0 bridgehead atoms. The van der Waals surface area contributed by atoms with Crippen LogP contribution in [0.3, 0.4) is 0 Å². The minimum absolute atomic E-state index is 0.00773. The van der Waals surface area contributed by atoms with Gasteiger partial charge in [-0.3, -0.25) is 4.79 Å². The van der Waals surface area contributed by atoms with Gasteiger partial charge in [0.05, 0.1) is 22.7 Å². The van der Waals surface area contributed by atoms with Crippen molar-refractivity contribution in [2.24, 2.45) is 0 Å². The summed E-state index contributed by atoms with van der Waals surface area (Å²) in [6, 6.07) is 4.75. The second kappa shape index (κ2) is 6.61. The Bertz CT molecular complexity index is 942. The van der Waals surface area contributed by atoms with Gasteiger partial charge >= 0.3 is 0 Å². The lowest BCUT2D eigenvalue weighted by molar-refractivity contribution is -0.134. The molecular weight excluding hydrogens is 364 g/mol. The van der Waals surface area contributed by atoms with Crippen LogP contribution in [0.25, 0.3) is 11.0 Å². The molecular formula is C17H21F2N3O3S. The fourth-order valence-corrected chi connectivity index (χ4v) is 5.64. The second-order valence-electron chi connectivity index (χ2n) is 6.98. The number of hydrogen-bond acceptors (Lipinski definition) is 4. The summed E-state index contributed by atoms with van der Waals surface area (Å²) in [6.45, 7) is 1.80. The molecule has 1 aliphatic heterocycles. The molecule has 1 saturated heterocycles. The average molecular weight is 385 g/mol. The Balaban J connectivity index is 1.78. The third-order valence-electron chi connectivity index (χ3n) is 5.13. The molecule has 2 aromatic rings. The van der Waals surface area contributed by atoms with Crippen molar-refractivity contribution in [3.63, 3.8) is 0 Å². The van der Waals surface area contributed by atoms with Crippen molar-refractivity contribution in [3.05, 3.63) is 30.1 Å². The zero-order valence-electron chi connectivity index (χ0n) is 14.7. The number of hydrogen-bond donors (Lipinski definition) is 0. The molecule has 1 amide bonds. The molecule has 2 aromatic heterocycles. The normalized spacial score (nSPS) is 22.2. The first-order chi connectivity index (χ1) is 12.1. The van der Waals surface area contributed by atoms with Gasteiger partial charge in [0.1, 0.15) is 5.65 Å². The number of alkyl halides is 2. The topological polar surface area (TPSA) is 72.3 Å². The van der Waals surface area contributed by atoms with Crippen LogP contribution in [0.1, 0.15) is 31.9 Å². The van der Waals surface area contributed by atoms with Gasteiger partial charge in [-0.05, 0) is 31.5 Å². The van der Waals surface area contributed by atoms with E-state index >= 15 is 0 Å². The molecule has 3 rings (SSSR count). The lowest BCUT2D eigenvalue weighted by Gasteiger charge is -2.34. The maximum absolute atomic E-state index is 13.3.